The van der Waals surface area contributed by atoms with Gasteiger partial charge in [-0.3, -0.25) is 9.71 Å². The third kappa shape index (κ3) is 3.06. The number of hydrogen-bond donors (Lipinski definition) is 2. The molecular weight excluding hydrogens is 278 g/mol. The molecule has 0 atom stereocenters. The van der Waals surface area contributed by atoms with Crippen molar-refractivity contribution in [1.29, 1.82) is 0 Å². The molecule has 3 N–H and O–H groups in total. The van der Waals surface area contributed by atoms with Crippen molar-refractivity contribution in [2.75, 3.05) is 11.8 Å². The van der Waals surface area contributed by atoms with Crippen molar-refractivity contribution in [3.05, 3.63) is 48.3 Å². The Balaban J connectivity index is 2.39. The van der Waals surface area contributed by atoms with Gasteiger partial charge in [-0.25, -0.2) is 8.42 Å². The van der Waals surface area contributed by atoms with Crippen LogP contribution in [0.1, 0.15) is 5.56 Å². The minimum Gasteiger partial charge on any atom is -0.495 e. The molecule has 106 valence electrons. The van der Waals surface area contributed by atoms with Crippen molar-refractivity contribution in [2.45, 2.75) is 11.4 Å². The van der Waals surface area contributed by atoms with E-state index in [0.29, 0.717) is 12.2 Å². The number of methoxy groups -OCH3 is 1. The lowest BCUT2D eigenvalue weighted by Gasteiger charge is -2.12. The fourth-order valence-electron chi connectivity index (χ4n) is 1.69. The molecule has 0 aliphatic rings. The second-order valence-electron chi connectivity index (χ2n) is 4.04. The van der Waals surface area contributed by atoms with Crippen LogP contribution in [0.25, 0.3) is 0 Å². The summed E-state index contributed by atoms with van der Waals surface area (Å²) in [5.41, 5.74) is 6.71. The van der Waals surface area contributed by atoms with E-state index in [1.54, 1.807) is 30.5 Å². The summed E-state index contributed by atoms with van der Waals surface area (Å²) < 4.78 is 32.2. The quantitative estimate of drug-likeness (QED) is 0.867. The molecule has 1 aromatic heterocycles. The molecule has 0 radical (unpaired) electrons. The van der Waals surface area contributed by atoms with Gasteiger partial charge in [0.05, 0.1) is 19.0 Å². The van der Waals surface area contributed by atoms with Crippen LogP contribution in [0.15, 0.2) is 47.6 Å². The summed E-state index contributed by atoms with van der Waals surface area (Å²) in [6.07, 6.45) is 2.99. The maximum atomic E-state index is 12.3. The highest BCUT2D eigenvalue weighted by Gasteiger charge is 2.19. The predicted octanol–water partition coefficient (Wildman–Crippen LogP) is 1.35. The van der Waals surface area contributed by atoms with E-state index in [4.69, 9.17) is 10.5 Å². The summed E-state index contributed by atoms with van der Waals surface area (Å²) in [4.78, 5) is 3.91. The number of aromatic nitrogens is 1. The van der Waals surface area contributed by atoms with Gasteiger partial charge in [0.15, 0.2) is 0 Å². The van der Waals surface area contributed by atoms with E-state index in [1.165, 1.54) is 19.4 Å². The van der Waals surface area contributed by atoms with Crippen molar-refractivity contribution in [2.24, 2.45) is 5.73 Å². The molecule has 0 fully saturated rings. The molecule has 0 saturated heterocycles. The summed E-state index contributed by atoms with van der Waals surface area (Å²) in [6.45, 7) is 0.312. The molecule has 1 aromatic carbocycles. The molecule has 0 saturated carbocycles. The van der Waals surface area contributed by atoms with Crippen LogP contribution in [-0.2, 0) is 16.6 Å². The number of rotatable bonds is 5. The van der Waals surface area contributed by atoms with E-state index in [2.05, 4.69) is 9.71 Å². The highest BCUT2D eigenvalue weighted by Crippen LogP contribution is 2.26. The first-order chi connectivity index (χ1) is 9.56. The van der Waals surface area contributed by atoms with E-state index < -0.39 is 10.0 Å². The number of nitrogens with zero attached hydrogens (tertiary/aromatic N) is 1. The summed E-state index contributed by atoms with van der Waals surface area (Å²) in [5.74, 6) is 0.254. The van der Waals surface area contributed by atoms with Crippen LogP contribution in [0.4, 0.5) is 5.69 Å². The molecule has 1 heterocycles. The van der Waals surface area contributed by atoms with Gasteiger partial charge in [0.2, 0.25) is 0 Å². The molecule has 20 heavy (non-hydrogen) atoms. The standard InChI is InChI=1S/C13H15N3O3S/c1-19-12-7-10(8-14)4-5-13(12)20(17,18)16-11-3-2-6-15-9-11/h2-7,9,16H,8,14H2,1H3. The smallest absolute Gasteiger partial charge is 0.265 e. The van der Waals surface area contributed by atoms with Crippen LogP contribution in [0, 0.1) is 0 Å². The number of sulfonamides is 1. The zero-order valence-electron chi connectivity index (χ0n) is 10.9. The van der Waals surface area contributed by atoms with Crippen LogP contribution in [0.3, 0.4) is 0 Å². The van der Waals surface area contributed by atoms with Gasteiger partial charge in [0, 0.05) is 12.7 Å². The van der Waals surface area contributed by atoms with Crippen LogP contribution in [0.2, 0.25) is 0 Å². The summed E-state index contributed by atoms with van der Waals surface area (Å²) in [7, 11) is -2.32. The highest BCUT2D eigenvalue weighted by atomic mass is 32.2. The minimum atomic E-state index is -3.74. The normalized spacial score (nSPS) is 11.1. The first kappa shape index (κ1) is 14.3. The SMILES string of the molecule is COc1cc(CN)ccc1S(=O)(=O)Nc1cccnc1. The van der Waals surface area contributed by atoms with Crippen LogP contribution in [-0.4, -0.2) is 20.5 Å². The maximum absolute atomic E-state index is 12.3. The lowest BCUT2D eigenvalue weighted by molar-refractivity contribution is 0.402. The van der Waals surface area contributed by atoms with Gasteiger partial charge in [-0.05, 0) is 29.8 Å². The zero-order chi connectivity index (χ0) is 14.6. The lowest BCUT2D eigenvalue weighted by Crippen LogP contribution is -2.14. The van der Waals surface area contributed by atoms with E-state index in [1.807, 2.05) is 0 Å². The monoisotopic (exact) mass is 293 g/mol. The first-order valence-corrected chi connectivity index (χ1v) is 7.35. The van der Waals surface area contributed by atoms with E-state index in [-0.39, 0.29) is 10.6 Å². The molecule has 0 aliphatic heterocycles. The number of hydrogen-bond acceptors (Lipinski definition) is 5. The van der Waals surface area contributed by atoms with Gasteiger partial charge in [-0.1, -0.05) is 6.07 Å². The fourth-order valence-corrected chi connectivity index (χ4v) is 2.89. The van der Waals surface area contributed by atoms with Crippen molar-refractivity contribution in [3.63, 3.8) is 0 Å². The van der Waals surface area contributed by atoms with Gasteiger partial charge in [-0.2, -0.15) is 0 Å². The second-order valence-corrected chi connectivity index (χ2v) is 5.69. The van der Waals surface area contributed by atoms with Gasteiger partial charge in [0.25, 0.3) is 10.0 Å². The topological polar surface area (TPSA) is 94.3 Å². The van der Waals surface area contributed by atoms with Crippen molar-refractivity contribution < 1.29 is 13.2 Å². The number of nitrogens with one attached hydrogen (secondary N) is 1. The van der Waals surface area contributed by atoms with Crippen LogP contribution >= 0.6 is 0 Å². The minimum absolute atomic E-state index is 0.0565. The Morgan fingerprint density at radius 1 is 1.35 bits per heavy atom. The largest absolute Gasteiger partial charge is 0.495 e. The average Bonchev–Trinajstić information content (AvgIpc) is 2.47. The molecular formula is C13H15N3O3S. The second kappa shape index (κ2) is 5.89. The Kier molecular flexibility index (Phi) is 4.21. The molecule has 0 unspecified atom stereocenters. The number of benzene rings is 1. The van der Waals surface area contributed by atoms with Gasteiger partial charge in [-0.15, -0.1) is 0 Å². The van der Waals surface area contributed by atoms with Crippen molar-refractivity contribution in [1.82, 2.24) is 4.98 Å². The Morgan fingerprint density at radius 2 is 2.15 bits per heavy atom. The van der Waals surface area contributed by atoms with E-state index in [9.17, 15) is 8.42 Å². The van der Waals surface area contributed by atoms with Gasteiger partial charge in [0.1, 0.15) is 10.6 Å². The summed E-state index contributed by atoms with van der Waals surface area (Å²) >= 11 is 0. The molecule has 0 aliphatic carbocycles. The highest BCUT2D eigenvalue weighted by molar-refractivity contribution is 7.92. The number of pyridine rings is 1. The maximum Gasteiger partial charge on any atom is 0.265 e. The van der Waals surface area contributed by atoms with Crippen LogP contribution in [0.5, 0.6) is 5.75 Å². The van der Waals surface area contributed by atoms with Crippen LogP contribution < -0.4 is 15.2 Å². The fraction of sp³-hybridized carbons (Fsp3) is 0.154. The third-order valence-electron chi connectivity index (χ3n) is 2.67. The summed E-state index contributed by atoms with van der Waals surface area (Å²) in [6, 6.07) is 8.00. The van der Waals surface area contributed by atoms with E-state index in [0.717, 1.165) is 5.56 Å². The van der Waals surface area contributed by atoms with Gasteiger partial charge < -0.3 is 10.5 Å². The lowest BCUT2D eigenvalue weighted by atomic mass is 10.2. The number of anilines is 1. The molecule has 0 amide bonds. The van der Waals surface area contributed by atoms with E-state index >= 15 is 0 Å². The van der Waals surface area contributed by atoms with Gasteiger partial charge >= 0.3 is 0 Å². The number of nitrogens with two attached hydrogens (primary N) is 1. The molecule has 0 bridgehead atoms. The Labute approximate surface area is 117 Å². The zero-order valence-corrected chi connectivity index (χ0v) is 11.7. The van der Waals surface area contributed by atoms with Crippen molar-refractivity contribution >= 4 is 15.7 Å². The third-order valence-corrected chi connectivity index (χ3v) is 4.09. The molecule has 2 rings (SSSR count). The Hall–Kier alpha value is -2.12. The average molecular weight is 293 g/mol. The molecule has 2 aromatic rings. The first-order valence-electron chi connectivity index (χ1n) is 5.86. The Bertz CT molecular complexity index is 687. The molecule has 0 spiro atoms. The summed E-state index contributed by atoms with van der Waals surface area (Å²) in [5, 5.41) is 0. The predicted molar refractivity (Wildman–Crippen MR) is 75.9 cm³/mol. The number of ether oxygens (including phenoxy) is 1. The van der Waals surface area contributed by atoms with Crippen molar-refractivity contribution in [3.8, 4) is 5.75 Å². The molecule has 6 nitrogen and oxygen atoms in total. The Morgan fingerprint density at radius 3 is 2.75 bits per heavy atom. The molecule has 7 heteroatoms.